The molecule has 7 heteroatoms. The lowest BCUT2D eigenvalue weighted by molar-refractivity contribution is -0.137. The quantitative estimate of drug-likeness (QED) is 0.797. The monoisotopic (exact) mass is 293 g/mol. The number of aromatic nitrogens is 2. The number of carbonyl (C=O) groups is 1. The van der Waals surface area contributed by atoms with Crippen LogP contribution in [0, 0.1) is 0 Å². The maximum absolute atomic E-state index is 10.4. The topological polar surface area (TPSA) is 92.6 Å². The third-order valence-electron chi connectivity index (χ3n) is 3.30. The second-order valence-corrected chi connectivity index (χ2v) is 4.96. The smallest absolute Gasteiger partial charge is 0.303 e. The van der Waals surface area contributed by atoms with Crippen molar-refractivity contribution < 1.29 is 18.8 Å². The summed E-state index contributed by atoms with van der Waals surface area (Å²) in [6.45, 7) is 2.57. The lowest BCUT2D eigenvalue weighted by Crippen LogP contribution is -2.22. The molecule has 1 unspecified atom stereocenters. The molecule has 0 fully saturated rings. The highest BCUT2D eigenvalue weighted by atomic mass is 16.5. The van der Waals surface area contributed by atoms with Crippen LogP contribution in [0.15, 0.2) is 27.3 Å². The number of hydrogen-bond donors (Lipinski definition) is 1. The first-order valence-corrected chi connectivity index (χ1v) is 6.83. The number of carboxylic acids is 1. The SMILES string of the molecule is CC(c1ccco1)N(C)Cc1noc(CCCC(=O)O)n1. The molecule has 1 atom stereocenters. The van der Waals surface area contributed by atoms with Crippen LogP contribution in [-0.4, -0.2) is 33.2 Å². The normalized spacial score (nSPS) is 12.7. The molecule has 0 amide bonds. The van der Waals surface area contributed by atoms with E-state index in [0.717, 1.165) is 5.76 Å². The molecule has 114 valence electrons. The van der Waals surface area contributed by atoms with Gasteiger partial charge in [0.15, 0.2) is 5.82 Å². The Balaban J connectivity index is 1.85. The van der Waals surface area contributed by atoms with Crippen molar-refractivity contribution in [2.75, 3.05) is 7.05 Å². The number of nitrogens with zero attached hydrogens (tertiary/aromatic N) is 3. The Kier molecular flexibility index (Phi) is 5.10. The molecule has 0 spiro atoms. The Morgan fingerprint density at radius 2 is 2.33 bits per heavy atom. The number of hydrogen-bond acceptors (Lipinski definition) is 6. The minimum atomic E-state index is -0.818. The average molecular weight is 293 g/mol. The highest BCUT2D eigenvalue weighted by Crippen LogP contribution is 2.20. The van der Waals surface area contributed by atoms with Crippen molar-refractivity contribution >= 4 is 5.97 Å². The lowest BCUT2D eigenvalue weighted by Gasteiger charge is -2.20. The molecular formula is C14H19N3O4. The zero-order valence-corrected chi connectivity index (χ0v) is 12.2. The number of aliphatic carboxylic acids is 1. The standard InChI is InChI=1S/C14H19N3O4/c1-10(11-5-4-8-20-11)17(2)9-12-15-13(21-16-12)6-3-7-14(18)19/h4-5,8,10H,3,6-7,9H2,1-2H3,(H,18,19). The Hall–Kier alpha value is -2.15. The molecule has 0 aliphatic carbocycles. The zero-order valence-electron chi connectivity index (χ0n) is 12.2. The first-order valence-electron chi connectivity index (χ1n) is 6.83. The molecule has 0 aliphatic heterocycles. The van der Waals surface area contributed by atoms with Gasteiger partial charge in [-0.3, -0.25) is 9.69 Å². The molecule has 2 rings (SSSR count). The Labute approximate surface area is 122 Å². The van der Waals surface area contributed by atoms with Gasteiger partial charge in [-0.05, 0) is 32.5 Å². The van der Waals surface area contributed by atoms with Crippen LogP contribution in [0.25, 0.3) is 0 Å². The van der Waals surface area contributed by atoms with Crippen LogP contribution in [-0.2, 0) is 17.8 Å². The second kappa shape index (κ2) is 7.03. The predicted molar refractivity (Wildman–Crippen MR) is 73.5 cm³/mol. The van der Waals surface area contributed by atoms with Crippen LogP contribution in [0.3, 0.4) is 0 Å². The van der Waals surface area contributed by atoms with Gasteiger partial charge in [-0.15, -0.1) is 0 Å². The fourth-order valence-electron chi connectivity index (χ4n) is 1.95. The summed E-state index contributed by atoms with van der Waals surface area (Å²) in [4.78, 5) is 16.8. The van der Waals surface area contributed by atoms with Crippen molar-refractivity contribution in [2.45, 2.75) is 38.8 Å². The third kappa shape index (κ3) is 4.42. The Morgan fingerprint density at radius 3 is 3.00 bits per heavy atom. The van der Waals surface area contributed by atoms with Crippen molar-refractivity contribution in [2.24, 2.45) is 0 Å². The minimum absolute atomic E-state index is 0.104. The predicted octanol–water partition coefficient (Wildman–Crippen LogP) is 2.26. The first kappa shape index (κ1) is 15.2. The maximum Gasteiger partial charge on any atom is 0.303 e. The number of furan rings is 1. The van der Waals surface area contributed by atoms with E-state index in [4.69, 9.17) is 14.0 Å². The molecule has 0 radical (unpaired) electrons. The van der Waals surface area contributed by atoms with Gasteiger partial charge in [0.25, 0.3) is 0 Å². The summed E-state index contributed by atoms with van der Waals surface area (Å²) in [6, 6.07) is 3.89. The van der Waals surface area contributed by atoms with Crippen molar-refractivity contribution in [1.29, 1.82) is 0 Å². The molecule has 0 saturated carbocycles. The van der Waals surface area contributed by atoms with Crippen LogP contribution in [0.2, 0.25) is 0 Å². The molecule has 0 aliphatic rings. The average Bonchev–Trinajstić information content (AvgIpc) is 3.09. The number of rotatable bonds is 8. The van der Waals surface area contributed by atoms with Crippen molar-refractivity contribution in [3.8, 4) is 0 Å². The summed E-state index contributed by atoms with van der Waals surface area (Å²) in [5.74, 6) is 1.12. The van der Waals surface area contributed by atoms with Crippen LogP contribution < -0.4 is 0 Å². The maximum atomic E-state index is 10.4. The minimum Gasteiger partial charge on any atom is -0.481 e. The Bertz CT molecular complexity index is 565. The third-order valence-corrected chi connectivity index (χ3v) is 3.30. The van der Waals surface area contributed by atoms with Crippen molar-refractivity contribution in [3.63, 3.8) is 0 Å². The second-order valence-electron chi connectivity index (χ2n) is 4.96. The molecule has 2 aromatic rings. The van der Waals surface area contributed by atoms with E-state index in [1.54, 1.807) is 6.26 Å². The molecule has 7 nitrogen and oxygen atoms in total. The molecule has 0 bridgehead atoms. The molecule has 0 saturated heterocycles. The summed E-state index contributed by atoms with van der Waals surface area (Å²) in [7, 11) is 1.95. The first-order chi connectivity index (χ1) is 10.1. The summed E-state index contributed by atoms with van der Waals surface area (Å²) in [6.07, 6.45) is 2.73. The van der Waals surface area contributed by atoms with Gasteiger partial charge in [0, 0.05) is 12.8 Å². The van der Waals surface area contributed by atoms with E-state index in [9.17, 15) is 4.79 Å². The number of aryl methyl sites for hydroxylation is 1. The van der Waals surface area contributed by atoms with Crippen LogP contribution in [0.5, 0.6) is 0 Å². The van der Waals surface area contributed by atoms with Crippen LogP contribution in [0.4, 0.5) is 0 Å². The number of carboxylic acid groups (broad SMARTS) is 1. The molecular weight excluding hydrogens is 274 g/mol. The van der Waals surface area contributed by atoms with Gasteiger partial charge in [0.1, 0.15) is 5.76 Å². The van der Waals surface area contributed by atoms with Gasteiger partial charge in [0.2, 0.25) is 5.89 Å². The molecule has 1 N–H and O–H groups in total. The van der Waals surface area contributed by atoms with Crippen LogP contribution >= 0.6 is 0 Å². The lowest BCUT2D eigenvalue weighted by atomic mass is 10.2. The molecule has 2 aromatic heterocycles. The largest absolute Gasteiger partial charge is 0.481 e. The van der Waals surface area contributed by atoms with E-state index >= 15 is 0 Å². The molecule has 2 heterocycles. The van der Waals surface area contributed by atoms with E-state index in [1.807, 2.05) is 31.0 Å². The summed E-state index contributed by atoms with van der Waals surface area (Å²) in [5, 5.41) is 12.5. The van der Waals surface area contributed by atoms with Crippen LogP contribution in [0.1, 0.15) is 43.3 Å². The van der Waals surface area contributed by atoms with Crippen molar-refractivity contribution in [3.05, 3.63) is 35.9 Å². The summed E-state index contributed by atoms with van der Waals surface area (Å²) < 4.78 is 10.5. The van der Waals surface area contributed by atoms with Gasteiger partial charge in [-0.2, -0.15) is 4.98 Å². The van der Waals surface area contributed by atoms with Gasteiger partial charge in [-0.1, -0.05) is 5.16 Å². The van der Waals surface area contributed by atoms with E-state index < -0.39 is 5.97 Å². The van der Waals surface area contributed by atoms with Gasteiger partial charge in [-0.25, -0.2) is 0 Å². The van der Waals surface area contributed by atoms with E-state index in [-0.39, 0.29) is 12.5 Å². The highest BCUT2D eigenvalue weighted by molar-refractivity contribution is 5.66. The van der Waals surface area contributed by atoms with Gasteiger partial charge < -0.3 is 14.0 Å². The zero-order chi connectivity index (χ0) is 15.2. The van der Waals surface area contributed by atoms with Crippen molar-refractivity contribution in [1.82, 2.24) is 15.0 Å². The highest BCUT2D eigenvalue weighted by Gasteiger charge is 2.17. The molecule has 21 heavy (non-hydrogen) atoms. The fraction of sp³-hybridized carbons (Fsp3) is 0.500. The fourth-order valence-corrected chi connectivity index (χ4v) is 1.95. The summed E-state index contributed by atoms with van der Waals surface area (Å²) in [5.41, 5.74) is 0. The summed E-state index contributed by atoms with van der Waals surface area (Å²) >= 11 is 0. The van der Waals surface area contributed by atoms with E-state index in [2.05, 4.69) is 10.1 Å². The Morgan fingerprint density at radius 1 is 1.52 bits per heavy atom. The van der Waals surface area contributed by atoms with Gasteiger partial charge in [0.05, 0.1) is 18.8 Å². The van der Waals surface area contributed by atoms with Gasteiger partial charge >= 0.3 is 5.97 Å². The molecule has 0 aromatic carbocycles. The van der Waals surface area contributed by atoms with E-state index in [1.165, 1.54) is 0 Å². The van der Waals surface area contributed by atoms with E-state index in [0.29, 0.717) is 31.1 Å².